The minimum Gasteiger partial charge on any atom is -0.481 e. The molecule has 0 heterocycles. The molecule has 0 aliphatic carbocycles. The first kappa shape index (κ1) is 16.0. The second kappa shape index (κ2) is 7.55. The summed E-state index contributed by atoms with van der Waals surface area (Å²) >= 11 is 17.7. The Morgan fingerprint density at radius 2 is 1.62 bits per heavy atom. The third-order valence-corrected chi connectivity index (χ3v) is 3.52. The molecule has 3 nitrogen and oxygen atoms in total. The van der Waals surface area contributed by atoms with Crippen LogP contribution < -0.4 is 10.1 Å². The molecule has 0 aliphatic rings. The summed E-state index contributed by atoms with van der Waals surface area (Å²) in [7, 11) is 0. The van der Waals surface area contributed by atoms with Crippen molar-refractivity contribution in [2.75, 3.05) is 6.61 Å². The Labute approximate surface area is 137 Å². The van der Waals surface area contributed by atoms with Crippen LogP contribution in [-0.2, 0) is 11.3 Å². The van der Waals surface area contributed by atoms with E-state index in [4.69, 9.17) is 39.5 Å². The van der Waals surface area contributed by atoms with E-state index in [1.807, 2.05) is 12.1 Å². The Hall–Kier alpha value is -1.42. The highest BCUT2D eigenvalue weighted by Gasteiger charge is 2.09. The molecule has 0 radical (unpaired) electrons. The Bertz CT molecular complexity index is 609. The smallest absolute Gasteiger partial charge is 0.258 e. The summed E-state index contributed by atoms with van der Waals surface area (Å²) in [6.45, 7) is 0.243. The molecule has 0 saturated heterocycles. The van der Waals surface area contributed by atoms with Crippen LogP contribution in [-0.4, -0.2) is 12.5 Å². The van der Waals surface area contributed by atoms with E-state index in [2.05, 4.69) is 5.32 Å². The van der Waals surface area contributed by atoms with Gasteiger partial charge in [-0.05, 0) is 29.8 Å². The molecule has 0 saturated carbocycles. The lowest BCUT2D eigenvalue weighted by atomic mass is 10.2. The number of amides is 1. The summed E-state index contributed by atoms with van der Waals surface area (Å²) in [5.41, 5.74) is 0.948. The van der Waals surface area contributed by atoms with Gasteiger partial charge >= 0.3 is 0 Å². The zero-order valence-corrected chi connectivity index (χ0v) is 13.2. The molecule has 1 amide bonds. The first-order chi connectivity index (χ1) is 10.1. The van der Waals surface area contributed by atoms with Gasteiger partial charge in [-0.2, -0.15) is 0 Å². The molecule has 110 valence electrons. The Morgan fingerprint density at radius 3 is 2.24 bits per heavy atom. The average Bonchev–Trinajstić information content (AvgIpc) is 2.46. The Kier molecular flexibility index (Phi) is 5.74. The highest BCUT2D eigenvalue weighted by molar-refractivity contribution is 6.37. The second-order valence-electron chi connectivity index (χ2n) is 4.24. The normalized spacial score (nSPS) is 10.2. The summed E-state index contributed by atoms with van der Waals surface area (Å²) < 4.78 is 5.34. The number of para-hydroxylation sites is 1. The number of benzene rings is 2. The molecule has 21 heavy (non-hydrogen) atoms. The van der Waals surface area contributed by atoms with Gasteiger partial charge in [0.05, 0.1) is 10.0 Å². The summed E-state index contributed by atoms with van der Waals surface area (Å²) in [6.07, 6.45) is 0. The van der Waals surface area contributed by atoms with Gasteiger partial charge in [-0.25, -0.2) is 0 Å². The summed E-state index contributed by atoms with van der Waals surface area (Å²) in [5.74, 6) is 0.0448. The standard InChI is InChI=1S/C15H12Cl3NO2/c16-11-6-4-10(5-7-11)8-19-14(20)9-21-15-12(17)2-1-3-13(15)18/h1-7H,8-9H2,(H,19,20). The molecule has 2 rings (SSSR count). The van der Waals surface area contributed by atoms with E-state index in [1.165, 1.54) is 0 Å². The molecule has 0 unspecified atom stereocenters. The topological polar surface area (TPSA) is 38.3 Å². The molecule has 6 heteroatoms. The van der Waals surface area contributed by atoms with Gasteiger partial charge < -0.3 is 10.1 Å². The summed E-state index contributed by atoms with van der Waals surface area (Å²) in [4.78, 5) is 11.7. The largest absolute Gasteiger partial charge is 0.481 e. The van der Waals surface area contributed by atoms with Crippen LogP contribution in [0.25, 0.3) is 0 Å². The van der Waals surface area contributed by atoms with E-state index in [0.717, 1.165) is 5.56 Å². The van der Waals surface area contributed by atoms with Crippen molar-refractivity contribution in [3.8, 4) is 5.75 Å². The SMILES string of the molecule is O=C(COc1c(Cl)cccc1Cl)NCc1ccc(Cl)cc1. The Morgan fingerprint density at radius 1 is 1.00 bits per heavy atom. The van der Waals surface area contributed by atoms with Crippen molar-refractivity contribution in [1.29, 1.82) is 0 Å². The fourth-order valence-electron chi connectivity index (χ4n) is 1.61. The molecule has 0 spiro atoms. The van der Waals surface area contributed by atoms with Crippen molar-refractivity contribution >= 4 is 40.7 Å². The number of hydrogen-bond acceptors (Lipinski definition) is 2. The fraction of sp³-hybridized carbons (Fsp3) is 0.133. The molecule has 0 aromatic heterocycles. The van der Waals surface area contributed by atoms with Crippen LogP contribution in [0, 0.1) is 0 Å². The Balaban J connectivity index is 1.84. The fourth-order valence-corrected chi connectivity index (χ4v) is 2.24. The van der Waals surface area contributed by atoms with Gasteiger partial charge in [-0.1, -0.05) is 53.0 Å². The molecular formula is C15H12Cl3NO2. The van der Waals surface area contributed by atoms with Crippen LogP contribution in [0.15, 0.2) is 42.5 Å². The zero-order valence-electron chi connectivity index (χ0n) is 10.9. The van der Waals surface area contributed by atoms with Gasteiger partial charge in [0, 0.05) is 11.6 Å². The van der Waals surface area contributed by atoms with Crippen molar-refractivity contribution in [2.45, 2.75) is 6.54 Å². The monoisotopic (exact) mass is 343 g/mol. The molecule has 1 N–H and O–H groups in total. The van der Waals surface area contributed by atoms with Crippen molar-refractivity contribution in [2.24, 2.45) is 0 Å². The first-order valence-corrected chi connectivity index (χ1v) is 7.27. The van der Waals surface area contributed by atoms with Gasteiger partial charge in [0.2, 0.25) is 0 Å². The predicted octanol–water partition coefficient (Wildman–Crippen LogP) is 4.34. The number of ether oxygens (including phenoxy) is 1. The maximum atomic E-state index is 11.7. The van der Waals surface area contributed by atoms with Crippen LogP contribution >= 0.6 is 34.8 Å². The number of hydrogen-bond donors (Lipinski definition) is 1. The average molecular weight is 345 g/mol. The molecular weight excluding hydrogens is 333 g/mol. The maximum absolute atomic E-state index is 11.7. The summed E-state index contributed by atoms with van der Waals surface area (Å²) in [6, 6.07) is 12.2. The van der Waals surface area contributed by atoms with Crippen molar-refractivity contribution in [3.05, 3.63) is 63.1 Å². The number of nitrogens with one attached hydrogen (secondary N) is 1. The van der Waals surface area contributed by atoms with Crippen molar-refractivity contribution < 1.29 is 9.53 Å². The second-order valence-corrected chi connectivity index (χ2v) is 5.49. The third kappa shape index (κ3) is 4.81. The van der Waals surface area contributed by atoms with Gasteiger partial charge in [0.25, 0.3) is 5.91 Å². The number of carbonyl (C=O) groups is 1. The first-order valence-electron chi connectivity index (χ1n) is 6.14. The van der Waals surface area contributed by atoms with Crippen molar-refractivity contribution in [3.63, 3.8) is 0 Å². The van der Waals surface area contributed by atoms with Gasteiger partial charge in [0.15, 0.2) is 12.4 Å². The van der Waals surface area contributed by atoms with Crippen LogP contribution in [0.3, 0.4) is 0 Å². The predicted molar refractivity (Wildman–Crippen MR) is 85.3 cm³/mol. The van der Waals surface area contributed by atoms with Crippen LogP contribution in [0.2, 0.25) is 15.1 Å². The highest BCUT2D eigenvalue weighted by Crippen LogP contribution is 2.32. The lowest BCUT2D eigenvalue weighted by molar-refractivity contribution is -0.123. The summed E-state index contributed by atoms with van der Waals surface area (Å²) in [5, 5.41) is 4.13. The van der Waals surface area contributed by atoms with E-state index >= 15 is 0 Å². The molecule has 0 bridgehead atoms. The zero-order chi connectivity index (χ0) is 15.2. The number of halogens is 3. The van der Waals surface area contributed by atoms with Crippen molar-refractivity contribution in [1.82, 2.24) is 5.32 Å². The van der Waals surface area contributed by atoms with Gasteiger partial charge in [-0.3, -0.25) is 4.79 Å². The minimum absolute atomic E-state index is 0.156. The van der Waals surface area contributed by atoms with Gasteiger partial charge in [0.1, 0.15) is 0 Å². The van der Waals surface area contributed by atoms with Crippen LogP contribution in [0.4, 0.5) is 0 Å². The van der Waals surface area contributed by atoms with E-state index in [0.29, 0.717) is 27.4 Å². The van der Waals surface area contributed by atoms with Gasteiger partial charge in [-0.15, -0.1) is 0 Å². The highest BCUT2D eigenvalue weighted by atomic mass is 35.5. The number of carbonyl (C=O) groups excluding carboxylic acids is 1. The third-order valence-electron chi connectivity index (χ3n) is 2.67. The number of rotatable bonds is 5. The van der Waals surface area contributed by atoms with E-state index < -0.39 is 0 Å². The molecule has 0 fully saturated rings. The van der Waals surface area contributed by atoms with Crippen LogP contribution in [0.1, 0.15) is 5.56 Å². The van der Waals surface area contributed by atoms with E-state index in [-0.39, 0.29) is 12.5 Å². The maximum Gasteiger partial charge on any atom is 0.258 e. The lowest BCUT2D eigenvalue weighted by Gasteiger charge is -2.10. The quantitative estimate of drug-likeness (QED) is 0.876. The molecule has 2 aromatic rings. The van der Waals surface area contributed by atoms with Crippen LogP contribution in [0.5, 0.6) is 5.75 Å². The lowest BCUT2D eigenvalue weighted by Crippen LogP contribution is -2.28. The molecule has 0 aliphatic heterocycles. The van der Waals surface area contributed by atoms with E-state index in [9.17, 15) is 4.79 Å². The minimum atomic E-state index is -0.263. The molecule has 2 aromatic carbocycles. The van der Waals surface area contributed by atoms with E-state index in [1.54, 1.807) is 30.3 Å². The molecule has 0 atom stereocenters.